The van der Waals surface area contributed by atoms with Crippen LogP contribution in [-0.4, -0.2) is 26.6 Å². The normalized spacial score (nSPS) is 11.4. The number of sulfonamides is 1. The first-order chi connectivity index (χ1) is 12.8. The number of nitrogens with one attached hydrogen (secondary N) is 1. The average molecular weight is 472 g/mol. The van der Waals surface area contributed by atoms with Crippen molar-refractivity contribution in [3.05, 3.63) is 56.8 Å². The lowest BCUT2D eigenvalue weighted by Gasteiger charge is -2.19. The molecule has 8 nitrogen and oxygen atoms in total. The van der Waals surface area contributed by atoms with Crippen molar-refractivity contribution in [3.63, 3.8) is 0 Å². The van der Waals surface area contributed by atoms with Crippen molar-refractivity contribution < 1.29 is 22.6 Å². The number of rotatable bonds is 6. The molecule has 2 aromatic heterocycles. The zero-order valence-electron chi connectivity index (χ0n) is 14.2. The van der Waals surface area contributed by atoms with Crippen molar-refractivity contribution in [3.8, 4) is 0 Å². The van der Waals surface area contributed by atoms with Crippen LogP contribution in [0.1, 0.15) is 15.4 Å². The van der Waals surface area contributed by atoms with E-state index in [2.05, 4.69) is 25.8 Å². The number of hydroxylamine groups is 1. The molecule has 0 aliphatic rings. The molecule has 0 aliphatic heterocycles. The summed E-state index contributed by atoms with van der Waals surface area (Å²) in [6.07, 6.45) is 0. The summed E-state index contributed by atoms with van der Waals surface area (Å²) in [6.45, 7) is 1.65. The smallest absolute Gasteiger partial charge is 0.293 e. The molecule has 0 aliphatic carbocycles. The second-order valence-corrected chi connectivity index (χ2v) is 8.61. The van der Waals surface area contributed by atoms with Crippen LogP contribution in [0, 0.1) is 6.92 Å². The minimum atomic E-state index is -4.09. The van der Waals surface area contributed by atoms with Crippen LogP contribution in [0.2, 0.25) is 0 Å². The minimum absolute atomic E-state index is 0.000521. The number of para-hydroxylation sites is 1. The maximum Gasteiger partial charge on any atom is 0.293 e. The number of aromatic nitrogens is 1. The van der Waals surface area contributed by atoms with Gasteiger partial charge in [0.05, 0.1) is 18.5 Å². The molecule has 1 aromatic carbocycles. The molecule has 0 bridgehead atoms. The van der Waals surface area contributed by atoms with Crippen molar-refractivity contribution >= 4 is 54.8 Å². The van der Waals surface area contributed by atoms with Gasteiger partial charge in [-0.3, -0.25) is 9.63 Å². The van der Waals surface area contributed by atoms with E-state index in [4.69, 9.17) is 9.36 Å². The third-order valence-electron chi connectivity index (χ3n) is 3.49. The Balaban J connectivity index is 1.95. The highest BCUT2D eigenvalue weighted by Crippen LogP contribution is 2.31. The first-order valence-corrected chi connectivity index (χ1v) is 10.7. The summed E-state index contributed by atoms with van der Waals surface area (Å²) < 4.78 is 33.2. The first-order valence-electron chi connectivity index (χ1n) is 7.51. The number of amides is 1. The monoisotopic (exact) mass is 471 g/mol. The van der Waals surface area contributed by atoms with E-state index in [1.54, 1.807) is 37.3 Å². The van der Waals surface area contributed by atoms with Gasteiger partial charge >= 0.3 is 0 Å². The van der Waals surface area contributed by atoms with Gasteiger partial charge in [0.2, 0.25) is 0 Å². The van der Waals surface area contributed by atoms with Crippen molar-refractivity contribution in [2.75, 3.05) is 16.9 Å². The summed E-state index contributed by atoms with van der Waals surface area (Å²) in [6, 6.07) is 9.98. The Kier molecular flexibility index (Phi) is 5.65. The molecule has 142 valence electrons. The van der Waals surface area contributed by atoms with E-state index >= 15 is 0 Å². The summed E-state index contributed by atoms with van der Waals surface area (Å²) in [4.78, 5) is 17.9. The number of halogens is 1. The highest BCUT2D eigenvalue weighted by molar-refractivity contribution is 9.10. The number of benzene rings is 1. The number of anilines is 2. The van der Waals surface area contributed by atoms with Crippen molar-refractivity contribution in [1.82, 2.24) is 5.16 Å². The standard InChI is InChI=1S/C16H14BrN3O5S2/c1-10-13(17)15(25-18-10)19-27(22,23)12-8-9-26-14(12)16(21)20(24-2)11-6-4-3-5-7-11/h3-9,19H,1-2H3. The largest absolute Gasteiger partial charge is 0.336 e. The van der Waals surface area contributed by atoms with Crippen LogP contribution in [-0.2, 0) is 14.9 Å². The van der Waals surface area contributed by atoms with Crippen LogP contribution in [0.5, 0.6) is 0 Å². The van der Waals surface area contributed by atoms with Crippen molar-refractivity contribution in [2.45, 2.75) is 11.8 Å². The number of hydrogen-bond acceptors (Lipinski definition) is 7. The third kappa shape index (κ3) is 3.90. The van der Waals surface area contributed by atoms with Crippen LogP contribution < -0.4 is 9.79 Å². The SMILES string of the molecule is CON(C(=O)c1sccc1S(=O)(=O)Nc1onc(C)c1Br)c1ccccc1. The van der Waals surface area contributed by atoms with Gasteiger partial charge in [0, 0.05) is 0 Å². The van der Waals surface area contributed by atoms with E-state index in [0.29, 0.717) is 15.9 Å². The van der Waals surface area contributed by atoms with E-state index in [0.717, 1.165) is 16.4 Å². The molecule has 0 spiro atoms. The lowest BCUT2D eigenvalue weighted by molar-refractivity contribution is 0.0774. The van der Waals surface area contributed by atoms with Gasteiger partial charge in [0.25, 0.3) is 21.8 Å². The average Bonchev–Trinajstić information content (AvgIpc) is 3.26. The maximum absolute atomic E-state index is 12.9. The zero-order chi connectivity index (χ0) is 19.6. The summed E-state index contributed by atoms with van der Waals surface area (Å²) in [5.74, 6) is -0.671. The topological polar surface area (TPSA) is 102 Å². The third-order valence-corrected chi connectivity index (χ3v) is 6.83. The summed E-state index contributed by atoms with van der Waals surface area (Å²) in [5, 5.41) is 6.22. The lowest BCUT2D eigenvalue weighted by Crippen LogP contribution is -2.30. The van der Waals surface area contributed by atoms with E-state index in [1.807, 2.05) is 0 Å². The number of carbonyl (C=O) groups is 1. The van der Waals surface area contributed by atoms with E-state index in [1.165, 1.54) is 18.6 Å². The molecule has 27 heavy (non-hydrogen) atoms. The van der Waals surface area contributed by atoms with Gasteiger partial charge in [-0.05, 0) is 46.4 Å². The minimum Gasteiger partial charge on any atom is -0.336 e. The predicted octanol–water partition coefficient (Wildman–Crippen LogP) is 3.82. The Morgan fingerprint density at radius 2 is 2.00 bits per heavy atom. The van der Waals surface area contributed by atoms with Crippen molar-refractivity contribution in [2.24, 2.45) is 0 Å². The quantitative estimate of drug-likeness (QED) is 0.548. The molecule has 2 heterocycles. The number of hydrogen-bond donors (Lipinski definition) is 1. The molecule has 1 amide bonds. The highest BCUT2D eigenvalue weighted by atomic mass is 79.9. The van der Waals surface area contributed by atoms with Gasteiger partial charge in [-0.1, -0.05) is 23.4 Å². The molecule has 0 saturated carbocycles. The Morgan fingerprint density at radius 3 is 2.59 bits per heavy atom. The van der Waals surface area contributed by atoms with Crippen LogP contribution in [0.15, 0.2) is 55.7 Å². The molecule has 0 unspecified atom stereocenters. The highest BCUT2D eigenvalue weighted by Gasteiger charge is 2.30. The molecular weight excluding hydrogens is 458 g/mol. The summed E-state index contributed by atoms with van der Waals surface area (Å²) in [7, 11) is -2.75. The van der Waals surface area contributed by atoms with Crippen molar-refractivity contribution in [1.29, 1.82) is 0 Å². The Labute approximate surface area is 167 Å². The second kappa shape index (κ2) is 7.80. The molecule has 0 saturated heterocycles. The maximum atomic E-state index is 12.9. The molecule has 0 atom stereocenters. The van der Waals surface area contributed by atoms with Crippen LogP contribution in [0.4, 0.5) is 11.6 Å². The van der Waals surface area contributed by atoms with Gasteiger partial charge in [-0.15, -0.1) is 11.3 Å². The number of thiophene rings is 1. The molecule has 0 radical (unpaired) electrons. The molecular formula is C16H14BrN3O5S2. The molecule has 0 fully saturated rings. The Morgan fingerprint density at radius 1 is 1.30 bits per heavy atom. The van der Waals surface area contributed by atoms with Crippen LogP contribution >= 0.6 is 27.3 Å². The molecule has 3 rings (SSSR count). The Bertz CT molecular complexity index is 1060. The van der Waals surface area contributed by atoms with Gasteiger partial charge in [-0.2, -0.15) is 5.06 Å². The Hall–Kier alpha value is -2.21. The van der Waals surface area contributed by atoms with E-state index in [-0.39, 0.29) is 15.7 Å². The van der Waals surface area contributed by atoms with E-state index < -0.39 is 15.9 Å². The fourth-order valence-electron chi connectivity index (χ4n) is 2.23. The van der Waals surface area contributed by atoms with Gasteiger partial charge < -0.3 is 4.52 Å². The lowest BCUT2D eigenvalue weighted by atomic mass is 10.3. The zero-order valence-corrected chi connectivity index (χ0v) is 17.4. The van der Waals surface area contributed by atoms with Crippen LogP contribution in [0.25, 0.3) is 0 Å². The van der Waals surface area contributed by atoms with Gasteiger partial charge in [0.1, 0.15) is 14.2 Å². The predicted molar refractivity (Wildman–Crippen MR) is 104 cm³/mol. The molecule has 3 aromatic rings. The fraction of sp³-hybridized carbons (Fsp3) is 0.125. The summed E-state index contributed by atoms with van der Waals surface area (Å²) >= 11 is 4.20. The summed E-state index contributed by atoms with van der Waals surface area (Å²) in [5.41, 5.74) is 0.965. The molecule has 11 heteroatoms. The fourth-order valence-corrected chi connectivity index (χ4v) is 4.94. The molecule has 1 N–H and O–H groups in total. The van der Waals surface area contributed by atoms with Gasteiger partial charge in [0.15, 0.2) is 0 Å². The second-order valence-electron chi connectivity index (χ2n) is 5.25. The van der Waals surface area contributed by atoms with Gasteiger partial charge in [-0.25, -0.2) is 13.1 Å². The number of aryl methyl sites for hydroxylation is 1. The first kappa shape index (κ1) is 19.5. The van der Waals surface area contributed by atoms with E-state index in [9.17, 15) is 13.2 Å². The van der Waals surface area contributed by atoms with Crippen LogP contribution in [0.3, 0.4) is 0 Å². The number of nitrogens with zero attached hydrogens (tertiary/aromatic N) is 2. The number of carbonyl (C=O) groups excluding carboxylic acids is 1.